The van der Waals surface area contributed by atoms with Gasteiger partial charge in [0.2, 0.25) is 5.91 Å². The lowest BCUT2D eigenvalue weighted by Gasteiger charge is -2.13. The average molecular weight is 454 g/mol. The van der Waals surface area contributed by atoms with E-state index >= 15 is 0 Å². The Morgan fingerprint density at radius 1 is 1.03 bits per heavy atom. The molecule has 0 spiro atoms. The number of nitrogens with one attached hydrogen (secondary N) is 1. The molecule has 0 atom stereocenters. The highest BCUT2D eigenvalue weighted by molar-refractivity contribution is 9.10. The second kappa shape index (κ2) is 7.96. The zero-order valence-electron chi connectivity index (χ0n) is 15.2. The van der Waals surface area contributed by atoms with E-state index in [2.05, 4.69) is 31.3 Å². The molecular formula is C20H16BrN5O3. The molecule has 1 aliphatic heterocycles. The summed E-state index contributed by atoms with van der Waals surface area (Å²) >= 11 is 3.30. The third-order valence-electron chi connectivity index (χ3n) is 4.60. The van der Waals surface area contributed by atoms with Crippen LogP contribution in [0.15, 0.2) is 59.6 Å². The lowest BCUT2D eigenvalue weighted by Crippen LogP contribution is -2.34. The standard InChI is InChI=1S/C20H16BrN5O3/c21-14-3-6-16-17(9-14)20(29)25(19(16)28)8-7-18(27)23-10-13-1-4-15(5-2-13)26-12-22-11-24-26/h1-6,9,11-12H,7-8,10H2,(H,23,27). The zero-order chi connectivity index (χ0) is 20.4. The van der Waals surface area contributed by atoms with Gasteiger partial charge < -0.3 is 5.32 Å². The van der Waals surface area contributed by atoms with Gasteiger partial charge in [0, 0.05) is 24.0 Å². The van der Waals surface area contributed by atoms with E-state index in [9.17, 15) is 14.4 Å². The van der Waals surface area contributed by atoms with Gasteiger partial charge in [-0.25, -0.2) is 9.67 Å². The van der Waals surface area contributed by atoms with Gasteiger partial charge in [0.25, 0.3) is 11.8 Å². The summed E-state index contributed by atoms with van der Waals surface area (Å²) in [5.41, 5.74) is 2.52. The third-order valence-corrected chi connectivity index (χ3v) is 5.10. The Balaban J connectivity index is 1.29. The molecular weight excluding hydrogens is 438 g/mol. The average Bonchev–Trinajstić information content (AvgIpc) is 3.34. The number of nitrogens with zero attached hydrogens (tertiary/aromatic N) is 4. The van der Waals surface area contributed by atoms with Crippen LogP contribution in [0.25, 0.3) is 5.69 Å². The van der Waals surface area contributed by atoms with Crippen molar-refractivity contribution in [2.45, 2.75) is 13.0 Å². The number of hydrogen-bond acceptors (Lipinski definition) is 5. The number of hydrogen-bond donors (Lipinski definition) is 1. The van der Waals surface area contributed by atoms with Crippen molar-refractivity contribution in [2.75, 3.05) is 6.54 Å². The van der Waals surface area contributed by atoms with E-state index in [0.717, 1.165) is 20.6 Å². The van der Waals surface area contributed by atoms with Crippen molar-refractivity contribution in [3.8, 4) is 5.69 Å². The molecule has 1 N–H and O–H groups in total. The van der Waals surface area contributed by atoms with Crippen molar-refractivity contribution >= 4 is 33.7 Å². The number of aromatic nitrogens is 3. The summed E-state index contributed by atoms with van der Waals surface area (Å²) in [7, 11) is 0. The summed E-state index contributed by atoms with van der Waals surface area (Å²) < 4.78 is 2.37. The van der Waals surface area contributed by atoms with Crippen LogP contribution in [0.2, 0.25) is 0 Å². The summed E-state index contributed by atoms with van der Waals surface area (Å²) in [6, 6.07) is 12.5. The largest absolute Gasteiger partial charge is 0.352 e. The highest BCUT2D eigenvalue weighted by Crippen LogP contribution is 2.26. The molecule has 9 heteroatoms. The molecule has 0 aliphatic carbocycles. The topological polar surface area (TPSA) is 97.2 Å². The van der Waals surface area contributed by atoms with Crippen LogP contribution in [0, 0.1) is 0 Å². The van der Waals surface area contributed by atoms with Crippen molar-refractivity contribution in [3.05, 3.63) is 76.3 Å². The van der Waals surface area contributed by atoms with Crippen LogP contribution in [0.3, 0.4) is 0 Å². The minimum Gasteiger partial charge on any atom is -0.352 e. The number of fused-ring (bicyclic) bond motifs is 1. The SMILES string of the molecule is O=C(CCN1C(=O)c2ccc(Br)cc2C1=O)NCc1ccc(-n2cncn2)cc1. The van der Waals surface area contributed by atoms with Gasteiger partial charge in [-0.1, -0.05) is 28.1 Å². The molecule has 2 aromatic carbocycles. The van der Waals surface area contributed by atoms with E-state index < -0.39 is 0 Å². The molecule has 0 fully saturated rings. The predicted molar refractivity (Wildman–Crippen MR) is 107 cm³/mol. The van der Waals surface area contributed by atoms with Crippen LogP contribution in [0.5, 0.6) is 0 Å². The number of rotatable bonds is 6. The zero-order valence-corrected chi connectivity index (χ0v) is 16.8. The maximum atomic E-state index is 12.4. The van der Waals surface area contributed by atoms with Crippen LogP contribution in [0.1, 0.15) is 32.7 Å². The van der Waals surface area contributed by atoms with Gasteiger partial charge in [-0.05, 0) is 35.9 Å². The molecule has 0 bridgehead atoms. The number of benzene rings is 2. The number of amides is 3. The fourth-order valence-corrected chi connectivity index (χ4v) is 3.44. The number of imide groups is 1. The monoisotopic (exact) mass is 453 g/mol. The van der Waals surface area contributed by atoms with Crippen molar-refractivity contribution in [1.82, 2.24) is 25.0 Å². The minimum absolute atomic E-state index is 0.0427. The predicted octanol–water partition coefficient (Wildman–Crippen LogP) is 2.33. The molecule has 0 saturated heterocycles. The maximum Gasteiger partial charge on any atom is 0.261 e. The summed E-state index contributed by atoms with van der Waals surface area (Å²) in [6.07, 6.45) is 3.11. The molecule has 0 radical (unpaired) electrons. The highest BCUT2D eigenvalue weighted by atomic mass is 79.9. The van der Waals surface area contributed by atoms with Gasteiger partial charge in [-0.2, -0.15) is 5.10 Å². The maximum absolute atomic E-state index is 12.4. The van der Waals surface area contributed by atoms with E-state index in [1.807, 2.05) is 24.3 Å². The van der Waals surface area contributed by atoms with Gasteiger partial charge in [-0.15, -0.1) is 0 Å². The molecule has 29 heavy (non-hydrogen) atoms. The van der Waals surface area contributed by atoms with Gasteiger partial charge in [0.05, 0.1) is 16.8 Å². The normalized spacial score (nSPS) is 12.9. The van der Waals surface area contributed by atoms with E-state index in [0.29, 0.717) is 17.7 Å². The Labute approximate surface area is 174 Å². The van der Waals surface area contributed by atoms with Crippen LogP contribution < -0.4 is 5.32 Å². The number of carbonyl (C=O) groups is 3. The quantitative estimate of drug-likeness (QED) is 0.577. The molecule has 3 aromatic rings. The Bertz CT molecular complexity index is 1080. The second-order valence-corrected chi connectivity index (χ2v) is 7.40. The lowest BCUT2D eigenvalue weighted by atomic mass is 10.1. The number of carbonyl (C=O) groups excluding carboxylic acids is 3. The first-order valence-electron chi connectivity index (χ1n) is 8.89. The lowest BCUT2D eigenvalue weighted by molar-refractivity contribution is -0.121. The van der Waals surface area contributed by atoms with Gasteiger partial charge >= 0.3 is 0 Å². The fraction of sp³-hybridized carbons (Fsp3) is 0.150. The van der Waals surface area contributed by atoms with Crippen LogP contribution >= 0.6 is 15.9 Å². The van der Waals surface area contributed by atoms with E-state index in [1.54, 1.807) is 29.2 Å². The minimum atomic E-state index is -0.372. The van der Waals surface area contributed by atoms with E-state index in [-0.39, 0.29) is 30.7 Å². The summed E-state index contributed by atoms with van der Waals surface area (Å²) in [4.78, 5) is 42.0. The van der Waals surface area contributed by atoms with Crippen LogP contribution in [0.4, 0.5) is 0 Å². The Morgan fingerprint density at radius 2 is 1.79 bits per heavy atom. The molecule has 4 rings (SSSR count). The molecule has 146 valence electrons. The van der Waals surface area contributed by atoms with Crippen molar-refractivity contribution in [2.24, 2.45) is 0 Å². The smallest absolute Gasteiger partial charge is 0.261 e. The second-order valence-electron chi connectivity index (χ2n) is 6.49. The van der Waals surface area contributed by atoms with Gasteiger partial charge in [-0.3, -0.25) is 19.3 Å². The van der Waals surface area contributed by atoms with Crippen LogP contribution in [-0.4, -0.2) is 43.9 Å². The van der Waals surface area contributed by atoms with Crippen molar-refractivity contribution in [1.29, 1.82) is 0 Å². The Morgan fingerprint density at radius 3 is 2.52 bits per heavy atom. The molecule has 0 unspecified atom stereocenters. The first kappa shape index (κ1) is 19.0. The Kier molecular flexibility index (Phi) is 5.22. The van der Waals surface area contributed by atoms with Crippen LogP contribution in [-0.2, 0) is 11.3 Å². The fourth-order valence-electron chi connectivity index (χ4n) is 3.08. The molecule has 1 aliphatic rings. The first-order chi connectivity index (χ1) is 14.0. The van der Waals surface area contributed by atoms with Crippen molar-refractivity contribution < 1.29 is 14.4 Å². The summed E-state index contributed by atoms with van der Waals surface area (Å²) in [5.74, 6) is -0.972. The third kappa shape index (κ3) is 3.95. The van der Waals surface area contributed by atoms with Gasteiger partial charge in [0.1, 0.15) is 12.7 Å². The van der Waals surface area contributed by atoms with Gasteiger partial charge in [0.15, 0.2) is 0 Å². The Hall–Kier alpha value is -3.33. The molecule has 1 aromatic heterocycles. The summed E-state index contributed by atoms with van der Waals surface area (Å²) in [6.45, 7) is 0.395. The number of halogens is 1. The first-order valence-corrected chi connectivity index (χ1v) is 9.68. The van der Waals surface area contributed by atoms with E-state index in [1.165, 1.54) is 6.33 Å². The highest BCUT2D eigenvalue weighted by Gasteiger charge is 2.35. The molecule has 8 nitrogen and oxygen atoms in total. The van der Waals surface area contributed by atoms with Crippen molar-refractivity contribution in [3.63, 3.8) is 0 Å². The summed E-state index contributed by atoms with van der Waals surface area (Å²) in [5, 5.41) is 6.86. The van der Waals surface area contributed by atoms with E-state index in [4.69, 9.17) is 0 Å². The molecule has 3 amide bonds. The molecule has 0 saturated carbocycles. The molecule has 2 heterocycles.